The fraction of sp³-hybridized carbons (Fsp3) is 0.250. The van der Waals surface area contributed by atoms with E-state index < -0.39 is 0 Å². The van der Waals surface area contributed by atoms with Crippen molar-refractivity contribution in [3.63, 3.8) is 0 Å². The molecular weight excluding hydrogens is 340 g/mol. The average Bonchev–Trinajstić information content (AvgIpc) is 2.75. The Balaban J connectivity index is 1.35. The van der Waals surface area contributed by atoms with Crippen molar-refractivity contribution < 1.29 is 4.74 Å². The maximum absolute atomic E-state index is 5.91. The highest BCUT2D eigenvalue weighted by Gasteiger charge is 2.26. The highest BCUT2D eigenvalue weighted by atomic mass is 16.5. The molecule has 0 saturated carbocycles. The summed E-state index contributed by atoms with van der Waals surface area (Å²) in [5, 5.41) is 8.75. The maximum atomic E-state index is 5.91. The largest absolute Gasteiger partial charge is 0.434 e. The Morgan fingerprint density at radius 3 is 2.33 bits per heavy atom. The van der Waals surface area contributed by atoms with Gasteiger partial charge in [-0.1, -0.05) is 18.2 Å². The average molecular weight is 360 g/mol. The van der Waals surface area contributed by atoms with Gasteiger partial charge in [-0.05, 0) is 24.3 Å². The highest BCUT2D eigenvalue weighted by Crippen LogP contribution is 2.44. The minimum Gasteiger partial charge on any atom is -0.434 e. The zero-order valence-corrected chi connectivity index (χ0v) is 15.1. The molecule has 1 fully saturated rings. The summed E-state index contributed by atoms with van der Waals surface area (Å²) < 4.78 is 5.91. The predicted molar refractivity (Wildman–Crippen MR) is 105 cm³/mol. The van der Waals surface area contributed by atoms with Crippen molar-refractivity contribution in [3.05, 3.63) is 54.7 Å². The van der Waals surface area contributed by atoms with Crippen molar-refractivity contribution >= 4 is 23.0 Å². The minimum absolute atomic E-state index is 0.548. The molecule has 0 radical (unpaired) electrons. The Morgan fingerprint density at radius 2 is 1.56 bits per heavy atom. The first kappa shape index (κ1) is 15.9. The minimum atomic E-state index is 0.548. The van der Waals surface area contributed by atoms with Gasteiger partial charge >= 0.3 is 0 Å². The lowest BCUT2D eigenvalue weighted by atomic mass is 10.2. The molecule has 0 aliphatic carbocycles. The van der Waals surface area contributed by atoms with E-state index in [0.717, 1.165) is 54.9 Å². The van der Waals surface area contributed by atoms with Gasteiger partial charge in [0.15, 0.2) is 11.6 Å². The van der Waals surface area contributed by atoms with Crippen molar-refractivity contribution in [2.75, 3.05) is 47.9 Å². The second kappa shape index (κ2) is 6.42. The van der Waals surface area contributed by atoms with Crippen LogP contribution in [0.25, 0.3) is 0 Å². The molecule has 2 aliphatic rings. The number of fused-ring (bicyclic) bond motifs is 2. The van der Waals surface area contributed by atoms with E-state index in [2.05, 4.69) is 42.0 Å². The number of aromatic nitrogens is 3. The first-order valence-corrected chi connectivity index (χ1v) is 9.09. The molecule has 0 spiro atoms. The number of rotatable bonds is 2. The Morgan fingerprint density at radius 1 is 0.815 bits per heavy atom. The number of hydrogen-bond donors (Lipinski definition) is 0. The summed E-state index contributed by atoms with van der Waals surface area (Å²) in [6, 6.07) is 16.0. The number of piperazine rings is 1. The molecule has 0 atom stereocenters. The van der Waals surface area contributed by atoms with Gasteiger partial charge in [-0.25, -0.2) is 4.98 Å². The summed E-state index contributed by atoms with van der Waals surface area (Å²) >= 11 is 0. The Bertz CT molecular complexity index is 956. The second-order valence-corrected chi connectivity index (χ2v) is 6.68. The van der Waals surface area contributed by atoms with E-state index in [4.69, 9.17) is 4.74 Å². The Kier molecular flexibility index (Phi) is 3.78. The summed E-state index contributed by atoms with van der Waals surface area (Å²) in [6.45, 7) is 3.58. The van der Waals surface area contributed by atoms with Crippen LogP contribution in [0.15, 0.2) is 54.7 Å². The van der Waals surface area contributed by atoms with Gasteiger partial charge in [0.25, 0.3) is 5.88 Å². The van der Waals surface area contributed by atoms with Gasteiger partial charge in [0, 0.05) is 45.5 Å². The summed E-state index contributed by atoms with van der Waals surface area (Å²) in [5.74, 6) is 3.26. The van der Waals surface area contributed by atoms with Crippen LogP contribution >= 0.6 is 0 Å². The molecule has 2 aromatic heterocycles. The van der Waals surface area contributed by atoms with Gasteiger partial charge in [-0.3, -0.25) is 0 Å². The van der Waals surface area contributed by atoms with E-state index in [9.17, 15) is 0 Å². The van der Waals surface area contributed by atoms with Gasteiger partial charge in [-0.15, -0.1) is 10.2 Å². The third kappa shape index (κ3) is 2.81. The van der Waals surface area contributed by atoms with Crippen LogP contribution < -0.4 is 19.4 Å². The number of ether oxygens (including phenoxy) is 1. The monoisotopic (exact) mass is 360 g/mol. The van der Waals surface area contributed by atoms with Gasteiger partial charge in [-0.2, -0.15) is 0 Å². The van der Waals surface area contributed by atoms with Crippen LogP contribution in [0, 0.1) is 0 Å². The smallest absolute Gasteiger partial charge is 0.263 e. The summed E-state index contributed by atoms with van der Waals surface area (Å²) in [5.41, 5.74) is 1.97. The van der Waals surface area contributed by atoms with Crippen LogP contribution in [0.1, 0.15) is 0 Å². The Hall–Kier alpha value is -3.35. The van der Waals surface area contributed by atoms with Crippen molar-refractivity contribution in [3.8, 4) is 11.6 Å². The van der Waals surface area contributed by atoms with Crippen molar-refractivity contribution in [2.24, 2.45) is 0 Å². The van der Waals surface area contributed by atoms with E-state index in [-0.39, 0.29) is 0 Å². The molecule has 1 saturated heterocycles. The van der Waals surface area contributed by atoms with E-state index >= 15 is 0 Å². The first-order valence-electron chi connectivity index (χ1n) is 9.09. The molecule has 0 N–H and O–H groups in total. The lowest BCUT2D eigenvalue weighted by Gasteiger charge is -2.36. The zero-order valence-electron chi connectivity index (χ0n) is 15.1. The highest BCUT2D eigenvalue weighted by molar-refractivity contribution is 5.77. The van der Waals surface area contributed by atoms with Crippen LogP contribution in [0.2, 0.25) is 0 Å². The number of anilines is 4. The first-order chi connectivity index (χ1) is 13.3. The summed E-state index contributed by atoms with van der Waals surface area (Å²) in [6.07, 6.45) is 1.84. The SMILES string of the molecule is CN1c2ccccc2Oc2nnc(N3CCN(c4ccccn4)CC3)cc21. The molecule has 136 valence electrons. The van der Waals surface area contributed by atoms with Gasteiger partial charge in [0.1, 0.15) is 11.5 Å². The number of para-hydroxylation sites is 2. The number of nitrogens with zero attached hydrogens (tertiary/aromatic N) is 6. The second-order valence-electron chi connectivity index (χ2n) is 6.68. The zero-order chi connectivity index (χ0) is 18.2. The molecule has 3 aromatic rings. The van der Waals surface area contributed by atoms with Crippen LogP contribution in [-0.2, 0) is 0 Å². The van der Waals surface area contributed by atoms with Crippen LogP contribution in [-0.4, -0.2) is 48.4 Å². The lowest BCUT2D eigenvalue weighted by molar-refractivity contribution is 0.448. The third-order valence-corrected chi connectivity index (χ3v) is 5.10. The molecule has 27 heavy (non-hydrogen) atoms. The topological polar surface area (TPSA) is 57.6 Å². The van der Waals surface area contributed by atoms with Gasteiger partial charge < -0.3 is 19.4 Å². The van der Waals surface area contributed by atoms with E-state index in [0.29, 0.717) is 5.88 Å². The molecule has 0 unspecified atom stereocenters. The molecule has 2 aliphatic heterocycles. The van der Waals surface area contributed by atoms with Crippen molar-refractivity contribution in [1.29, 1.82) is 0 Å². The normalized spacial score (nSPS) is 15.8. The molecule has 7 heteroatoms. The predicted octanol–water partition coefficient (Wildman–Crippen LogP) is 3.07. The quantitative estimate of drug-likeness (QED) is 0.696. The standard InChI is InChI=1S/C20H20N6O/c1-24-15-6-2-3-7-17(15)27-20-16(24)14-19(22-23-20)26-12-10-25(11-13-26)18-8-4-5-9-21-18/h2-9,14H,10-13H2,1H3. The van der Waals surface area contributed by atoms with Crippen molar-refractivity contribution in [1.82, 2.24) is 15.2 Å². The van der Waals surface area contributed by atoms with Crippen molar-refractivity contribution in [2.45, 2.75) is 0 Å². The van der Waals surface area contributed by atoms with E-state index in [1.54, 1.807) is 0 Å². The summed E-state index contributed by atoms with van der Waals surface area (Å²) in [4.78, 5) is 11.1. The van der Waals surface area contributed by atoms with E-state index in [1.807, 2.05) is 49.6 Å². The fourth-order valence-electron chi connectivity index (χ4n) is 3.59. The molecule has 4 heterocycles. The number of benzene rings is 1. The lowest BCUT2D eigenvalue weighted by Crippen LogP contribution is -2.47. The van der Waals surface area contributed by atoms with Crippen LogP contribution in [0.4, 0.5) is 23.0 Å². The summed E-state index contributed by atoms with van der Waals surface area (Å²) in [7, 11) is 2.03. The third-order valence-electron chi connectivity index (χ3n) is 5.10. The molecule has 7 nitrogen and oxygen atoms in total. The van der Waals surface area contributed by atoms with Crippen LogP contribution in [0.5, 0.6) is 11.6 Å². The number of pyridine rings is 1. The van der Waals surface area contributed by atoms with Gasteiger partial charge in [0.2, 0.25) is 0 Å². The Labute approximate surface area is 157 Å². The fourth-order valence-corrected chi connectivity index (χ4v) is 3.59. The maximum Gasteiger partial charge on any atom is 0.263 e. The number of hydrogen-bond acceptors (Lipinski definition) is 7. The molecular formula is C20H20N6O. The molecule has 5 rings (SSSR count). The molecule has 0 amide bonds. The van der Waals surface area contributed by atoms with Crippen LogP contribution in [0.3, 0.4) is 0 Å². The molecule has 1 aromatic carbocycles. The van der Waals surface area contributed by atoms with E-state index in [1.165, 1.54) is 0 Å². The van der Waals surface area contributed by atoms with Gasteiger partial charge in [0.05, 0.1) is 5.69 Å². The molecule has 0 bridgehead atoms.